The van der Waals surface area contributed by atoms with Crippen LogP contribution in [-0.2, 0) is 5.41 Å². The van der Waals surface area contributed by atoms with Gasteiger partial charge in [0.05, 0.1) is 21.3 Å². The van der Waals surface area contributed by atoms with Crippen LogP contribution in [0.4, 0.5) is 0 Å². The number of rotatable bonds is 2. The lowest BCUT2D eigenvalue weighted by atomic mass is 9.66. The van der Waals surface area contributed by atoms with Gasteiger partial charge in [-0.1, -0.05) is 158 Å². The van der Waals surface area contributed by atoms with Crippen LogP contribution in [0.3, 0.4) is 0 Å². The van der Waals surface area contributed by atoms with Crippen molar-refractivity contribution in [2.75, 3.05) is 0 Å². The fraction of sp³-hybridized carbons (Fsp3) is 0.0213. The van der Waals surface area contributed by atoms with Crippen molar-refractivity contribution in [1.82, 2.24) is 9.97 Å². The van der Waals surface area contributed by atoms with Crippen LogP contribution in [0.15, 0.2) is 170 Å². The maximum Gasteiger partial charge on any atom is 0.160 e. The molecule has 3 heteroatoms. The number of hydrogen-bond acceptors (Lipinski definition) is 3. The molecule has 2 aromatic heterocycles. The first-order valence-electron chi connectivity index (χ1n) is 17.1. The van der Waals surface area contributed by atoms with Gasteiger partial charge >= 0.3 is 0 Å². The molecule has 0 bridgehead atoms. The van der Waals surface area contributed by atoms with Crippen molar-refractivity contribution in [2.45, 2.75) is 5.41 Å². The average Bonchev–Trinajstić information content (AvgIpc) is 3.68. The molecule has 2 nitrogen and oxygen atoms in total. The first-order chi connectivity index (χ1) is 24.8. The van der Waals surface area contributed by atoms with E-state index in [1.54, 1.807) is 11.3 Å². The summed E-state index contributed by atoms with van der Waals surface area (Å²) in [6.45, 7) is 0. The highest BCUT2D eigenvalue weighted by Crippen LogP contribution is 2.61. The first kappa shape index (κ1) is 27.8. The summed E-state index contributed by atoms with van der Waals surface area (Å²) < 4.78 is 2.35. The van der Waals surface area contributed by atoms with Crippen molar-refractivity contribution in [3.8, 4) is 56.0 Å². The molecule has 0 fully saturated rings. The van der Waals surface area contributed by atoms with Crippen molar-refractivity contribution < 1.29 is 0 Å². The van der Waals surface area contributed by atoms with Crippen molar-refractivity contribution in [1.29, 1.82) is 0 Å². The summed E-state index contributed by atoms with van der Waals surface area (Å²) in [5, 5.41) is 1.17. The fourth-order valence-electron chi connectivity index (χ4n) is 8.70. The van der Waals surface area contributed by atoms with Crippen molar-refractivity contribution in [3.63, 3.8) is 0 Å². The molecule has 9 aromatic rings. The van der Waals surface area contributed by atoms with E-state index in [-0.39, 0.29) is 0 Å². The molecule has 0 N–H and O–H groups in total. The quantitative estimate of drug-likeness (QED) is 0.186. The SMILES string of the molecule is c1ccc(-c2nc(-c3ccc4c(c3)-c3ccccc3C43c4ccccc4-c4ccccc4-c4ccccc43)nc3c2sc2ccccc23)cc1. The minimum Gasteiger partial charge on any atom is -0.226 e. The van der Waals surface area contributed by atoms with Crippen LogP contribution in [0.2, 0.25) is 0 Å². The standard InChI is InChI=1S/C47H28N2S/c1-2-14-29(15-3-1)43-45-44(36-21-9-13-25-42(36)50-45)49-46(48-43)30-26-27-41-37(28-30)35-20-8-12-24-40(35)47(41)38-22-10-6-18-33(38)31-16-4-5-17-32(31)34-19-7-11-23-39(34)47/h1-28H. The summed E-state index contributed by atoms with van der Waals surface area (Å²) in [5.41, 5.74) is 16.4. The predicted octanol–water partition coefficient (Wildman–Crippen LogP) is 12.2. The van der Waals surface area contributed by atoms with Crippen LogP contribution in [-0.4, -0.2) is 9.97 Å². The number of thiophene rings is 1. The Morgan fingerprint density at radius 2 is 0.920 bits per heavy atom. The summed E-state index contributed by atoms with van der Waals surface area (Å²) in [6, 6.07) is 62.0. The van der Waals surface area contributed by atoms with Crippen molar-refractivity contribution in [2.24, 2.45) is 0 Å². The number of benzene rings is 7. The van der Waals surface area contributed by atoms with Gasteiger partial charge in [0.25, 0.3) is 0 Å². The first-order valence-corrected chi connectivity index (χ1v) is 17.9. The lowest BCUT2D eigenvalue weighted by Crippen LogP contribution is -2.29. The van der Waals surface area contributed by atoms with E-state index in [0.717, 1.165) is 32.9 Å². The summed E-state index contributed by atoms with van der Waals surface area (Å²) in [7, 11) is 0. The van der Waals surface area contributed by atoms with Gasteiger partial charge in [0.1, 0.15) is 0 Å². The zero-order valence-electron chi connectivity index (χ0n) is 27.0. The fourth-order valence-corrected chi connectivity index (χ4v) is 9.86. The smallest absolute Gasteiger partial charge is 0.160 e. The Hall–Kier alpha value is -6.16. The van der Waals surface area contributed by atoms with E-state index in [0.29, 0.717) is 0 Å². The Bertz CT molecular complexity index is 2760. The molecule has 11 rings (SSSR count). The molecule has 1 spiro atoms. The molecule has 0 saturated heterocycles. The molecule has 232 valence electrons. The summed E-state index contributed by atoms with van der Waals surface area (Å²) >= 11 is 1.77. The van der Waals surface area contributed by atoms with Gasteiger partial charge in [0.15, 0.2) is 5.82 Å². The third-order valence-electron chi connectivity index (χ3n) is 10.7. The lowest BCUT2D eigenvalue weighted by Gasteiger charge is -2.35. The van der Waals surface area contributed by atoms with E-state index in [1.165, 1.54) is 65.7 Å². The van der Waals surface area contributed by atoms with Gasteiger partial charge in [-0.3, -0.25) is 0 Å². The normalized spacial score (nSPS) is 13.4. The molecule has 2 aliphatic carbocycles. The Morgan fingerprint density at radius 3 is 1.58 bits per heavy atom. The molecule has 0 atom stereocenters. The molecule has 0 radical (unpaired) electrons. The van der Waals surface area contributed by atoms with E-state index >= 15 is 0 Å². The van der Waals surface area contributed by atoms with E-state index < -0.39 is 5.41 Å². The second-order valence-electron chi connectivity index (χ2n) is 13.2. The van der Waals surface area contributed by atoms with Crippen LogP contribution in [0, 0.1) is 0 Å². The van der Waals surface area contributed by atoms with E-state index in [4.69, 9.17) is 9.97 Å². The maximum atomic E-state index is 5.34. The van der Waals surface area contributed by atoms with E-state index in [2.05, 4.69) is 170 Å². The van der Waals surface area contributed by atoms with Crippen molar-refractivity contribution in [3.05, 3.63) is 192 Å². The molecule has 0 aliphatic heterocycles. The minimum absolute atomic E-state index is 0.500. The van der Waals surface area contributed by atoms with Crippen LogP contribution in [0.5, 0.6) is 0 Å². The highest BCUT2D eigenvalue weighted by atomic mass is 32.1. The van der Waals surface area contributed by atoms with Gasteiger partial charge in [-0.2, -0.15) is 0 Å². The number of hydrogen-bond donors (Lipinski definition) is 0. The Kier molecular flexibility index (Phi) is 5.78. The summed E-state index contributed by atoms with van der Waals surface area (Å²) in [5.74, 6) is 0.746. The zero-order valence-corrected chi connectivity index (χ0v) is 27.8. The second-order valence-corrected chi connectivity index (χ2v) is 14.3. The van der Waals surface area contributed by atoms with Crippen LogP contribution in [0.25, 0.3) is 76.3 Å². The van der Waals surface area contributed by atoms with Gasteiger partial charge in [-0.25, -0.2) is 9.97 Å². The highest BCUT2D eigenvalue weighted by Gasteiger charge is 2.49. The van der Waals surface area contributed by atoms with Gasteiger partial charge < -0.3 is 0 Å². The topological polar surface area (TPSA) is 25.8 Å². The van der Waals surface area contributed by atoms with Crippen LogP contribution >= 0.6 is 11.3 Å². The maximum absolute atomic E-state index is 5.34. The number of aromatic nitrogens is 2. The minimum atomic E-state index is -0.500. The van der Waals surface area contributed by atoms with Gasteiger partial charge in [0.2, 0.25) is 0 Å². The molecule has 2 aliphatic rings. The zero-order chi connectivity index (χ0) is 32.8. The lowest BCUT2D eigenvalue weighted by molar-refractivity contribution is 0.775. The van der Waals surface area contributed by atoms with Crippen LogP contribution in [0.1, 0.15) is 22.3 Å². The van der Waals surface area contributed by atoms with Crippen molar-refractivity contribution >= 4 is 31.6 Å². The number of fused-ring (bicyclic) bond motifs is 15. The Labute approximate surface area is 294 Å². The molecule has 50 heavy (non-hydrogen) atoms. The molecule has 0 unspecified atom stereocenters. The monoisotopic (exact) mass is 652 g/mol. The van der Waals surface area contributed by atoms with Gasteiger partial charge in [-0.15, -0.1) is 11.3 Å². The molecule has 0 saturated carbocycles. The largest absolute Gasteiger partial charge is 0.226 e. The van der Waals surface area contributed by atoms with Gasteiger partial charge in [0, 0.05) is 21.2 Å². The average molecular weight is 653 g/mol. The number of nitrogens with zero attached hydrogens (tertiary/aromatic N) is 2. The van der Waals surface area contributed by atoms with E-state index in [9.17, 15) is 0 Å². The predicted molar refractivity (Wildman–Crippen MR) is 208 cm³/mol. The molecule has 2 heterocycles. The van der Waals surface area contributed by atoms with E-state index in [1.807, 2.05) is 0 Å². The third-order valence-corrected chi connectivity index (χ3v) is 11.9. The summed E-state index contributed by atoms with van der Waals surface area (Å²) in [6.07, 6.45) is 0. The Balaban J connectivity index is 1.22. The third kappa shape index (κ3) is 3.67. The highest BCUT2D eigenvalue weighted by molar-refractivity contribution is 7.26. The van der Waals surface area contributed by atoms with Gasteiger partial charge in [-0.05, 0) is 67.8 Å². The second kappa shape index (κ2) is 10.4. The Morgan fingerprint density at radius 1 is 0.400 bits per heavy atom. The summed E-state index contributed by atoms with van der Waals surface area (Å²) in [4.78, 5) is 10.7. The van der Waals surface area contributed by atoms with Crippen LogP contribution < -0.4 is 0 Å². The molecular weight excluding hydrogens is 625 g/mol. The molecule has 0 amide bonds. The molecule has 7 aromatic carbocycles. The molecular formula is C47H28N2S.